The van der Waals surface area contributed by atoms with Crippen molar-refractivity contribution in [3.63, 3.8) is 0 Å². The highest BCUT2D eigenvalue weighted by Crippen LogP contribution is 2.25. The molecule has 4 nitrogen and oxygen atoms in total. The standard InChI is InChI=1S/C21H16IN3O/c1-14-5-6-16(19-13-25-11-3-2-4-20(25)23-19)12-18(14)24-21(26)15-7-9-17(22)10-8-15/h2-13H,1H3,(H,24,26). The minimum Gasteiger partial charge on any atom is -0.322 e. The molecule has 2 aromatic carbocycles. The zero-order chi connectivity index (χ0) is 18.1. The Hall–Kier alpha value is -2.67. The third kappa shape index (κ3) is 3.35. The molecule has 1 amide bonds. The predicted molar refractivity (Wildman–Crippen MR) is 112 cm³/mol. The molecule has 0 atom stereocenters. The van der Waals surface area contributed by atoms with Gasteiger partial charge in [-0.3, -0.25) is 4.79 Å². The topological polar surface area (TPSA) is 46.4 Å². The van der Waals surface area contributed by atoms with E-state index in [-0.39, 0.29) is 5.91 Å². The molecular formula is C21H16IN3O. The number of hydrogen-bond acceptors (Lipinski definition) is 2. The number of nitrogens with one attached hydrogen (secondary N) is 1. The Labute approximate surface area is 165 Å². The molecule has 2 aromatic heterocycles. The largest absolute Gasteiger partial charge is 0.322 e. The van der Waals surface area contributed by atoms with Gasteiger partial charge in [-0.15, -0.1) is 0 Å². The Balaban J connectivity index is 1.65. The molecule has 1 N–H and O–H groups in total. The van der Waals surface area contributed by atoms with Crippen LogP contribution in [-0.2, 0) is 0 Å². The number of benzene rings is 2. The van der Waals surface area contributed by atoms with Gasteiger partial charge in [0.15, 0.2) is 0 Å². The molecule has 0 aliphatic heterocycles. The molecule has 26 heavy (non-hydrogen) atoms. The molecule has 0 radical (unpaired) electrons. The highest BCUT2D eigenvalue weighted by Gasteiger charge is 2.10. The lowest BCUT2D eigenvalue weighted by atomic mass is 10.1. The Kier molecular flexibility index (Phi) is 4.46. The number of halogens is 1. The van der Waals surface area contributed by atoms with E-state index in [0.29, 0.717) is 5.56 Å². The molecule has 5 heteroatoms. The fourth-order valence-electron chi connectivity index (χ4n) is 2.79. The van der Waals surface area contributed by atoms with Gasteiger partial charge in [0.05, 0.1) is 5.69 Å². The van der Waals surface area contributed by atoms with Crippen LogP contribution in [0.1, 0.15) is 15.9 Å². The van der Waals surface area contributed by atoms with Crippen LogP contribution >= 0.6 is 22.6 Å². The Morgan fingerprint density at radius 1 is 1.08 bits per heavy atom. The van der Waals surface area contributed by atoms with Crippen LogP contribution in [0, 0.1) is 10.5 Å². The number of imidazole rings is 1. The SMILES string of the molecule is Cc1ccc(-c2cn3ccccc3n2)cc1NC(=O)c1ccc(I)cc1. The summed E-state index contributed by atoms with van der Waals surface area (Å²) >= 11 is 2.22. The van der Waals surface area contributed by atoms with Crippen LogP contribution in [0.15, 0.2) is 73.1 Å². The van der Waals surface area contributed by atoms with Crippen LogP contribution in [0.4, 0.5) is 5.69 Å². The van der Waals surface area contributed by atoms with Crippen molar-refractivity contribution in [3.8, 4) is 11.3 Å². The van der Waals surface area contributed by atoms with Gasteiger partial charge in [0.1, 0.15) is 5.65 Å². The summed E-state index contributed by atoms with van der Waals surface area (Å²) in [6, 6.07) is 19.4. The van der Waals surface area contributed by atoms with Gasteiger partial charge in [-0.25, -0.2) is 4.98 Å². The van der Waals surface area contributed by atoms with Gasteiger partial charge >= 0.3 is 0 Å². The monoisotopic (exact) mass is 453 g/mol. The smallest absolute Gasteiger partial charge is 0.255 e. The molecule has 0 aliphatic carbocycles. The second-order valence-electron chi connectivity index (χ2n) is 6.08. The van der Waals surface area contributed by atoms with Crippen LogP contribution in [0.2, 0.25) is 0 Å². The van der Waals surface area contributed by atoms with Crippen LogP contribution in [0.25, 0.3) is 16.9 Å². The first-order valence-electron chi connectivity index (χ1n) is 8.22. The quantitative estimate of drug-likeness (QED) is 0.436. The van der Waals surface area contributed by atoms with Gasteiger partial charge < -0.3 is 9.72 Å². The van der Waals surface area contributed by atoms with E-state index in [1.807, 2.05) is 84.4 Å². The van der Waals surface area contributed by atoms with E-state index < -0.39 is 0 Å². The summed E-state index contributed by atoms with van der Waals surface area (Å²) in [5, 5.41) is 3.01. The van der Waals surface area contributed by atoms with Gasteiger partial charge in [0, 0.05) is 32.8 Å². The van der Waals surface area contributed by atoms with Crippen molar-refractivity contribution in [3.05, 3.63) is 87.8 Å². The number of pyridine rings is 1. The number of aryl methyl sites for hydroxylation is 1. The maximum Gasteiger partial charge on any atom is 0.255 e. The lowest BCUT2D eigenvalue weighted by Crippen LogP contribution is -2.12. The van der Waals surface area contributed by atoms with Crippen molar-refractivity contribution in [2.24, 2.45) is 0 Å². The van der Waals surface area contributed by atoms with E-state index >= 15 is 0 Å². The first-order chi connectivity index (χ1) is 12.6. The molecule has 0 fully saturated rings. The number of amides is 1. The van der Waals surface area contributed by atoms with Crippen LogP contribution in [0.5, 0.6) is 0 Å². The molecule has 0 spiro atoms. The minimum absolute atomic E-state index is 0.114. The summed E-state index contributed by atoms with van der Waals surface area (Å²) in [6.07, 6.45) is 3.96. The molecule has 0 saturated carbocycles. The number of nitrogens with zero attached hydrogens (tertiary/aromatic N) is 2. The number of rotatable bonds is 3. The van der Waals surface area contributed by atoms with Crippen LogP contribution < -0.4 is 5.32 Å². The maximum atomic E-state index is 12.5. The van der Waals surface area contributed by atoms with Crippen molar-refractivity contribution in [1.29, 1.82) is 0 Å². The molecule has 2 heterocycles. The summed E-state index contributed by atoms with van der Waals surface area (Å²) in [5.74, 6) is -0.114. The highest BCUT2D eigenvalue weighted by molar-refractivity contribution is 14.1. The Morgan fingerprint density at radius 2 is 1.88 bits per heavy atom. The van der Waals surface area contributed by atoms with Crippen molar-refractivity contribution in [2.45, 2.75) is 6.92 Å². The van der Waals surface area contributed by atoms with Gasteiger partial charge in [0.2, 0.25) is 0 Å². The normalized spacial score (nSPS) is 10.8. The fraction of sp³-hybridized carbons (Fsp3) is 0.0476. The first kappa shape index (κ1) is 16.8. The first-order valence-corrected chi connectivity index (χ1v) is 9.30. The van der Waals surface area contributed by atoms with E-state index in [9.17, 15) is 4.79 Å². The van der Waals surface area contributed by atoms with Gasteiger partial charge in [0.25, 0.3) is 5.91 Å². The summed E-state index contributed by atoms with van der Waals surface area (Å²) in [4.78, 5) is 17.2. The van der Waals surface area contributed by atoms with Gasteiger partial charge in [-0.1, -0.05) is 18.2 Å². The van der Waals surface area contributed by atoms with Crippen molar-refractivity contribution < 1.29 is 4.79 Å². The maximum absolute atomic E-state index is 12.5. The molecule has 0 bridgehead atoms. The molecule has 0 aliphatic rings. The van der Waals surface area contributed by atoms with Crippen LogP contribution in [0.3, 0.4) is 0 Å². The van der Waals surface area contributed by atoms with Crippen molar-refractivity contribution in [1.82, 2.24) is 9.38 Å². The summed E-state index contributed by atoms with van der Waals surface area (Å²) < 4.78 is 3.09. The number of fused-ring (bicyclic) bond motifs is 1. The molecule has 0 saturated heterocycles. The zero-order valence-electron chi connectivity index (χ0n) is 14.1. The predicted octanol–water partition coefficient (Wildman–Crippen LogP) is 5.17. The Bertz CT molecular complexity index is 1070. The van der Waals surface area contributed by atoms with Crippen molar-refractivity contribution >= 4 is 39.8 Å². The third-order valence-corrected chi connectivity index (χ3v) is 4.97. The van der Waals surface area contributed by atoms with Crippen molar-refractivity contribution in [2.75, 3.05) is 5.32 Å². The summed E-state index contributed by atoms with van der Waals surface area (Å²) in [7, 11) is 0. The fourth-order valence-corrected chi connectivity index (χ4v) is 3.15. The van der Waals surface area contributed by atoms with Gasteiger partial charge in [-0.2, -0.15) is 0 Å². The average Bonchev–Trinajstić information content (AvgIpc) is 3.08. The molecule has 4 aromatic rings. The van der Waals surface area contributed by atoms with E-state index in [1.54, 1.807) is 0 Å². The second-order valence-corrected chi connectivity index (χ2v) is 7.33. The van der Waals surface area contributed by atoms with Gasteiger partial charge in [-0.05, 0) is 77.5 Å². The number of anilines is 1. The molecule has 128 valence electrons. The third-order valence-electron chi connectivity index (χ3n) is 4.25. The lowest BCUT2D eigenvalue weighted by molar-refractivity contribution is 0.102. The zero-order valence-corrected chi connectivity index (χ0v) is 16.3. The number of carbonyl (C=O) groups is 1. The molecular weight excluding hydrogens is 437 g/mol. The lowest BCUT2D eigenvalue weighted by Gasteiger charge is -2.10. The van der Waals surface area contributed by atoms with Crippen LogP contribution in [-0.4, -0.2) is 15.3 Å². The summed E-state index contributed by atoms with van der Waals surface area (Å²) in [5.41, 5.74) is 5.19. The van der Waals surface area contributed by atoms with E-state index in [1.165, 1.54) is 0 Å². The highest BCUT2D eigenvalue weighted by atomic mass is 127. The molecule has 4 rings (SSSR count). The van der Waals surface area contributed by atoms with E-state index in [2.05, 4.69) is 32.9 Å². The number of hydrogen-bond donors (Lipinski definition) is 1. The average molecular weight is 453 g/mol. The minimum atomic E-state index is -0.114. The van der Waals surface area contributed by atoms with E-state index in [4.69, 9.17) is 0 Å². The molecule has 0 unspecified atom stereocenters. The van der Waals surface area contributed by atoms with E-state index in [0.717, 1.165) is 31.7 Å². The Morgan fingerprint density at radius 3 is 2.65 bits per heavy atom. The summed E-state index contributed by atoms with van der Waals surface area (Å²) in [6.45, 7) is 1.98. The number of aromatic nitrogens is 2. The number of carbonyl (C=O) groups excluding carboxylic acids is 1. The second kappa shape index (κ2) is 6.92.